The van der Waals surface area contributed by atoms with Gasteiger partial charge in [0.05, 0.1) is 19.3 Å². The smallest absolute Gasteiger partial charge is 0.313 e. The van der Waals surface area contributed by atoms with Gasteiger partial charge in [-0.3, -0.25) is 4.79 Å². The van der Waals surface area contributed by atoms with Crippen molar-refractivity contribution in [2.75, 3.05) is 12.4 Å². The van der Waals surface area contributed by atoms with E-state index in [2.05, 4.69) is 5.32 Å². The van der Waals surface area contributed by atoms with Gasteiger partial charge in [-0.1, -0.05) is 48.5 Å². The van der Waals surface area contributed by atoms with E-state index in [1.54, 1.807) is 6.92 Å². The molecule has 0 amide bonds. The Morgan fingerprint density at radius 1 is 1.05 bits per heavy atom. The molecule has 4 heteroatoms. The molecule has 2 aromatic rings. The van der Waals surface area contributed by atoms with Crippen LogP contribution in [-0.2, 0) is 9.53 Å². The minimum atomic E-state index is -0.839. The van der Waals surface area contributed by atoms with Crippen LogP contribution in [0.4, 0.5) is 5.69 Å². The van der Waals surface area contributed by atoms with Crippen LogP contribution in [0.2, 0.25) is 0 Å². The van der Waals surface area contributed by atoms with E-state index >= 15 is 0 Å². The molecule has 0 saturated heterocycles. The van der Waals surface area contributed by atoms with Crippen LogP contribution in [0.1, 0.15) is 18.5 Å². The molecule has 0 unspecified atom stereocenters. The van der Waals surface area contributed by atoms with Crippen molar-refractivity contribution in [2.45, 2.75) is 19.1 Å². The molecule has 0 radical (unpaired) electrons. The number of para-hydroxylation sites is 1. The highest BCUT2D eigenvalue weighted by atomic mass is 16.5. The number of carbonyl (C=O) groups excluding carboxylic acids is 1. The van der Waals surface area contributed by atoms with Gasteiger partial charge in [-0.15, -0.1) is 0 Å². The average Bonchev–Trinajstić information content (AvgIpc) is 2.55. The van der Waals surface area contributed by atoms with E-state index in [1.165, 1.54) is 7.11 Å². The monoisotopic (exact) mass is 299 g/mol. The number of aliphatic hydroxyl groups is 1. The Morgan fingerprint density at radius 2 is 1.59 bits per heavy atom. The largest absolute Gasteiger partial charge is 0.469 e. The SMILES string of the molecule is COC(=O)[C@H]([C@H](C)O)[C@H](Nc1ccccc1)c1ccccc1. The number of aliphatic hydroxyl groups excluding tert-OH is 1. The van der Waals surface area contributed by atoms with Gasteiger partial charge < -0.3 is 15.2 Å². The van der Waals surface area contributed by atoms with Gasteiger partial charge in [-0.2, -0.15) is 0 Å². The van der Waals surface area contributed by atoms with Crippen molar-refractivity contribution in [3.63, 3.8) is 0 Å². The lowest BCUT2D eigenvalue weighted by Crippen LogP contribution is -2.36. The third-order valence-corrected chi connectivity index (χ3v) is 3.61. The van der Waals surface area contributed by atoms with Gasteiger partial charge in [0.2, 0.25) is 0 Å². The molecule has 0 fully saturated rings. The van der Waals surface area contributed by atoms with Crippen molar-refractivity contribution in [3.8, 4) is 0 Å². The van der Waals surface area contributed by atoms with Crippen LogP contribution in [0.5, 0.6) is 0 Å². The van der Waals surface area contributed by atoms with Crippen molar-refractivity contribution >= 4 is 11.7 Å². The van der Waals surface area contributed by atoms with Crippen molar-refractivity contribution in [1.82, 2.24) is 0 Å². The maximum absolute atomic E-state index is 12.1. The van der Waals surface area contributed by atoms with Crippen LogP contribution < -0.4 is 5.32 Å². The molecule has 2 aromatic carbocycles. The molecule has 0 aliphatic carbocycles. The van der Waals surface area contributed by atoms with Crippen LogP contribution in [0.25, 0.3) is 0 Å². The highest BCUT2D eigenvalue weighted by Gasteiger charge is 2.34. The molecule has 116 valence electrons. The second-order valence-electron chi connectivity index (χ2n) is 5.19. The van der Waals surface area contributed by atoms with E-state index in [0.717, 1.165) is 11.3 Å². The first-order valence-corrected chi connectivity index (χ1v) is 7.26. The zero-order chi connectivity index (χ0) is 15.9. The Labute approximate surface area is 130 Å². The van der Waals surface area contributed by atoms with Crippen LogP contribution in [0.15, 0.2) is 60.7 Å². The summed E-state index contributed by atoms with van der Waals surface area (Å²) in [5.74, 6) is -1.14. The van der Waals surface area contributed by atoms with Crippen molar-refractivity contribution in [3.05, 3.63) is 66.2 Å². The summed E-state index contributed by atoms with van der Waals surface area (Å²) in [6.07, 6.45) is -0.839. The number of esters is 1. The van der Waals surface area contributed by atoms with E-state index in [1.807, 2.05) is 60.7 Å². The molecule has 0 spiro atoms. The minimum absolute atomic E-state index is 0.379. The maximum Gasteiger partial charge on any atom is 0.313 e. The normalized spacial score (nSPS) is 14.7. The van der Waals surface area contributed by atoms with E-state index in [9.17, 15) is 9.90 Å². The van der Waals surface area contributed by atoms with Crippen LogP contribution >= 0.6 is 0 Å². The second kappa shape index (κ2) is 7.61. The number of anilines is 1. The van der Waals surface area contributed by atoms with Gasteiger partial charge in [0.25, 0.3) is 0 Å². The van der Waals surface area contributed by atoms with Gasteiger partial charge in [0.1, 0.15) is 5.92 Å². The summed E-state index contributed by atoms with van der Waals surface area (Å²) in [7, 11) is 1.34. The number of benzene rings is 2. The number of methoxy groups -OCH3 is 1. The molecular formula is C18H21NO3. The lowest BCUT2D eigenvalue weighted by atomic mass is 9.88. The lowest BCUT2D eigenvalue weighted by Gasteiger charge is -2.29. The van der Waals surface area contributed by atoms with Crippen LogP contribution in [0, 0.1) is 5.92 Å². The third kappa shape index (κ3) is 3.86. The Morgan fingerprint density at radius 3 is 2.09 bits per heavy atom. The fourth-order valence-corrected chi connectivity index (χ4v) is 2.50. The fraction of sp³-hybridized carbons (Fsp3) is 0.278. The molecule has 0 aliphatic heterocycles. The molecule has 3 atom stereocenters. The topological polar surface area (TPSA) is 58.6 Å². The molecule has 0 bridgehead atoms. The Hall–Kier alpha value is -2.33. The van der Waals surface area contributed by atoms with Gasteiger partial charge in [0.15, 0.2) is 0 Å². The molecule has 0 saturated carbocycles. The minimum Gasteiger partial charge on any atom is -0.469 e. The standard InChI is InChI=1S/C18H21NO3/c1-13(20)16(18(21)22-2)17(14-9-5-3-6-10-14)19-15-11-7-4-8-12-15/h3-13,16-17,19-20H,1-2H3/t13-,16+,17+/m0/s1. The highest BCUT2D eigenvalue weighted by molar-refractivity contribution is 5.75. The van der Waals surface area contributed by atoms with Crippen LogP contribution in [-0.4, -0.2) is 24.3 Å². The van der Waals surface area contributed by atoms with Crippen molar-refractivity contribution in [1.29, 1.82) is 0 Å². The number of rotatable bonds is 6. The van der Waals surface area contributed by atoms with Gasteiger partial charge in [-0.05, 0) is 24.6 Å². The number of nitrogens with one attached hydrogen (secondary N) is 1. The molecular weight excluding hydrogens is 278 g/mol. The summed E-state index contributed by atoms with van der Waals surface area (Å²) in [4.78, 5) is 12.1. The molecule has 0 heterocycles. The van der Waals surface area contributed by atoms with Crippen LogP contribution in [0.3, 0.4) is 0 Å². The first-order valence-electron chi connectivity index (χ1n) is 7.26. The zero-order valence-corrected chi connectivity index (χ0v) is 12.8. The van der Waals surface area contributed by atoms with E-state index in [4.69, 9.17) is 4.74 Å². The second-order valence-corrected chi connectivity index (χ2v) is 5.19. The van der Waals surface area contributed by atoms with Crippen molar-refractivity contribution < 1.29 is 14.6 Å². The Kier molecular flexibility index (Phi) is 5.55. The number of ether oxygens (including phenoxy) is 1. The summed E-state index contributed by atoms with van der Waals surface area (Å²) < 4.78 is 4.87. The van der Waals surface area contributed by atoms with E-state index in [-0.39, 0.29) is 6.04 Å². The van der Waals surface area contributed by atoms with Gasteiger partial charge >= 0.3 is 5.97 Å². The molecule has 0 aliphatic rings. The Bertz CT molecular complexity index is 584. The first-order chi connectivity index (χ1) is 10.6. The first kappa shape index (κ1) is 16.0. The maximum atomic E-state index is 12.1. The zero-order valence-electron chi connectivity index (χ0n) is 12.8. The highest BCUT2D eigenvalue weighted by Crippen LogP contribution is 2.30. The third-order valence-electron chi connectivity index (χ3n) is 3.61. The Balaban J connectivity index is 2.38. The summed E-state index contributed by atoms with van der Waals surface area (Å²) in [5.41, 5.74) is 1.80. The summed E-state index contributed by atoms with van der Waals surface area (Å²) in [5, 5.41) is 13.4. The lowest BCUT2D eigenvalue weighted by molar-refractivity contribution is -0.149. The van der Waals surface area contributed by atoms with Gasteiger partial charge in [-0.25, -0.2) is 0 Å². The predicted octanol–water partition coefficient (Wildman–Crippen LogP) is 3.01. The molecule has 0 aromatic heterocycles. The number of hydrogen-bond donors (Lipinski definition) is 2. The van der Waals surface area contributed by atoms with E-state index < -0.39 is 18.0 Å². The molecule has 2 rings (SSSR count). The molecule has 2 N–H and O–H groups in total. The van der Waals surface area contributed by atoms with Crippen molar-refractivity contribution in [2.24, 2.45) is 5.92 Å². The molecule has 22 heavy (non-hydrogen) atoms. The summed E-state index contributed by atoms with van der Waals surface area (Å²) in [6, 6.07) is 18.8. The van der Waals surface area contributed by atoms with Gasteiger partial charge in [0, 0.05) is 5.69 Å². The molecule has 4 nitrogen and oxygen atoms in total. The fourth-order valence-electron chi connectivity index (χ4n) is 2.50. The summed E-state index contributed by atoms with van der Waals surface area (Å²) in [6.45, 7) is 1.60. The average molecular weight is 299 g/mol. The number of hydrogen-bond acceptors (Lipinski definition) is 4. The number of carbonyl (C=O) groups is 1. The predicted molar refractivity (Wildman–Crippen MR) is 86.4 cm³/mol. The quantitative estimate of drug-likeness (QED) is 0.805. The summed E-state index contributed by atoms with van der Waals surface area (Å²) >= 11 is 0. The van der Waals surface area contributed by atoms with E-state index in [0.29, 0.717) is 0 Å².